The molecular formula is C5H10NNaS2. The molecule has 0 spiro atoms. The molecule has 0 saturated carbocycles. The molecule has 0 N–H and O–H groups in total. The summed E-state index contributed by atoms with van der Waals surface area (Å²) in [6.45, 7) is -13.3. The van der Waals surface area contributed by atoms with Crippen molar-refractivity contribution >= 4 is 29.2 Å². The van der Waals surface area contributed by atoms with Gasteiger partial charge in [0.1, 0.15) is 0 Å². The second-order valence-corrected chi connectivity index (χ2v) is 1.86. The van der Waals surface area contributed by atoms with Gasteiger partial charge in [0, 0.05) is 26.7 Å². The second-order valence-electron chi connectivity index (χ2n) is 0.825. The molecule has 0 aromatic carbocycles. The van der Waals surface area contributed by atoms with Crippen LogP contribution in [0.2, 0.25) is 0 Å². The number of rotatable bonds is 2. The van der Waals surface area contributed by atoms with Gasteiger partial charge in [-0.3, -0.25) is 0 Å². The fourth-order valence-corrected chi connectivity index (χ4v) is 0.302. The van der Waals surface area contributed by atoms with E-state index in [1.54, 1.807) is 0 Å². The van der Waals surface area contributed by atoms with Gasteiger partial charge in [-0.05, 0) is 13.7 Å². The fraction of sp³-hybridized carbons (Fsp3) is 0.800. The van der Waals surface area contributed by atoms with E-state index in [2.05, 4.69) is 24.8 Å². The molecule has 0 aliphatic carbocycles. The average Bonchev–Trinajstić information content (AvgIpc) is 1.96. The van der Waals surface area contributed by atoms with Crippen LogP contribution in [0, 0.1) is 0 Å². The third-order valence-electron chi connectivity index (χ3n) is 0.406. The largest absolute Gasteiger partial charge is 1.00 e. The third kappa shape index (κ3) is 5.55. The zero-order valence-corrected chi connectivity index (χ0v) is 8.40. The summed E-state index contributed by atoms with van der Waals surface area (Å²) >= 11 is 8.82. The molecular weight excluding hydrogens is 161 g/mol. The molecule has 0 aromatic rings. The van der Waals surface area contributed by atoms with E-state index in [0.717, 1.165) is 0 Å². The molecule has 0 aromatic heterocycles. The Morgan fingerprint density at radius 3 is 2.44 bits per heavy atom. The van der Waals surface area contributed by atoms with Crippen LogP contribution < -0.4 is 29.6 Å². The molecule has 0 aliphatic heterocycles. The molecule has 1 nitrogen and oxygen atoms in total. The maximum Gasteiger partial charge on any atom is 1.00 e. The molecule has 0 unspecified atom stereocenters. The van der Waals surface area contributed by atoms with E-state index in [1.165, 1.54) is 0 Å². The Hall–Kier alpha value is 1.11. The zero-order valence-electron chi connectivity index (χ0n) is 14.8. The van der Waals surface area contributed by atoms with Crippen LogP contribution in [0.25, 0.3) is 0 Å². The molecule has 0 aliphatic rings. The maximum atomic E-state index is 7.39. The normalized spacial score (nSPS) is 30.2. The Balaban J connectivity index is 0. The predicted molar refractivity (Wildman–Crippen MR) is 42.9 cm³/mol. The molecule has 0 bridgehead atoms. The molecule has 0 fully saturated rings. The van der Waals surface area contributed by atoms with E-state index < -0.39 is 31.0 Å². The summed E-state index contributed by atoms with van der Waals surface area (Å²) in [5.74, 6) is 0. The summed E-state index contributed by atoms with van der Waals surface area (Å²) in [6, 6.07) is 0. The van der Waals surface area contributed by atoms with Gasteiger partial charge >= 0.3 is 29.6 Å². The molecule has 0 amide bonds. The van der Waals surface area contributed by atoms with Crippen LogP contribution in [-0.4, -0.2) is 22.2 Å². The van der Waals surface area contributed by atoms with Crippen molar-refractivity contribution in [2.24, 2.45) is 0 Å². The third-order valence-corrected chi connectivity index (χ3v) is 0.771. The van der Waals surface area contributed by atoms with Crippen molar-refractivity contribution < 1.29 is 43.3 Å². The Bertz CT molecular complexity index is 310. The first-order valence-electron chi connectivity index (χ1n) is 6.58. The number of nitrogens with zero attached hydrogens (tertiary/aromatic N) is 1. The van der Waals surface area contributed by atoms with E-state index in [4.69, 9.17) is 13.7 Å². The van der Waals surface area contributed by atoms with Crippen LogP contribution >= 0.6 is 12.2 Å². The summed E-state index contributed by atoms with van der Waals surface area (Å²) < 4.78 is 70.7. The molecule has 0 saturated heterocycles. The summed E-state index contributed by atoms with van der Waals surface area (Å²) in [4.78, 5) is -0.204. The Kier molecular flexibility index (Phi) is 2.05. The first-order valence-corrected chi connectivity index (χ1v) is 2.40. The average molecular weight is 181 g/mol. The zero-order chi connectivity index (χ0) is 15.2. The summed E-state index contributed by atoms with van der Waals surface area (Å²) in [6.07, 6.45) is 0. The first kappa shape index (κ1) is 2.56. The number of thiocarbonyl (C=S) groups is 1. The van der Waals surface area contributed by atoms with Gasteiger partial charge in [0.05, 0.1) is 0 Å². The fourth-order valence-electron chi connectivity index (χ4n) is 0.119. The molecule has 0 radical (unpaired) electrons. The van der Waals surface area contributed by atoms with Crippen molar-refractivity contribution in [1.29, 1.82) is 0 Å². The predicted octanol–water partition coefficient (Wildman–Crippen LogP) is -1.84. The summed E-state index contributed by atoms with van der Waals surface area (Å²) in [7, 11) is 0. The SMILES string of the molecule is [2H]C([2H])([2H])C([2H])([2H])N(C(=S)[S-])C([2H])([2H])C([2H])([2H])[2H].[Na+]. The Morgan fingerprint density at radius 1 is 1.78 bits per heavy atom. The van der Waals surface area contributed by atoms with Gasteiger partial charge < -0.3 is 29.7 Å². The smallest absolute Gasteiger partial charge is 0.411 e. The molecule has 0 atom stereocenters. The van der Waals surface area contributed by atoms with E-state index in [-0.39, 0.29) is 34.5 Å². The molecule has 0 rings (SSSR count). The number of hydrogen-bond acceptors (Lipinski definition) is 2. The molecule has 4 heteroatoms. The van der Waals surface area contributed by atoms with E-state index >= 15 is 0 Å². The van der Waals surface area contributed by atoms with E-state index in [9.17, 15) is 0 Å². The Morgan fingerprint density at radius 2 is 2.22 bits per heavy atom. The van der Waals surface area contributed by atoms with Gasteiger partial charge in [0.15, 0.2) is 0 Å². The van der Waals surface area contributed by atoms with E-state index in [1.807, 2.05) is 0 Å². The minimum atomic E-state index is -3.33. The van der Waals surface area contributed by atoms with Crippen molar-refractivity contribution in [1.82, 2.24) is 4.90 Å². The minimum absolute atomic E-state index is 0. The minimum Gasteiger partial charge on any atom is -0.411 e. The Labute approximate surface area is 104 Å². The van der Waals surface area contributed by atoms with Gasteiger partial charge in [-0.2, -0.15) is 0 Å². The van der Waals surface area contributed by atoms with Gasteiger partial charge in [-0.15, -0.1) is 0 Å². The molecule has 0 heterocycles. The van der Waals surface area contributed by atoms with Crippen LogP contribution in [0.5, 0.6) is 0 Å². The molecule has 48 valence electrons. The monoisotopic (exact) mass is 181 g/mol. The van der Waals surface area contributed by atoms with Gasteiger partial charge in [0.2, 0.25) is 0 Å². The maximum absolute atomic E-state index is 7.39. The summed E-state index contributed by atoms with van der Waals surface area (Å²) in [5.41, 5.74) is 0. The standard InChI is InChI=1S/C5H11NS2.Na/c1-3-6(4-2)5(7)8;/h3-4H2,1-2H3,(H,7,8);/q;+1/p-1/i1D3,2D3,3D2,4D2;. The van der Waals surface area contributed by atoms with Crippen molar-refractivity contribution in [3.05, 3.63) is 0 Å². The van der Waals surface area contributed by atoms with Crippen molar-refractivity contribution in [3.8, 4) is 0 Å². The van der Waals surface area contributed by atoms with Crippen molar-refractivity contribution in [2.75, 3.05) is 13.0 Å². The van der Waals surface area contributed by atoms with Crippen LogP contribution in [-0.2, 0) is 12.6 Å². The van der Waals surface area contributed by atoms with Crippen molar-refractivity contribution in [3.63, 3.8) is 0 Å². The summed E-state index contributed by atoms with van der Waals surface area (Å²) in [5, 5.41) is 0. The first-order chi connectivity index (χ1) is 7.57. The number of hydrogen-bond donors (Lipinski definition) is 0. The topological polar surface area (TPSA) is 3.24 Å². The van der Waals surface area contributed by atoms with Crippen LogP contribution in [0.4, 0.5) is 0 Å². The van der Waals surface area contributed by atoms with Gasteiger partial charge in [-0.25, -0.2) is 0 Å². The van der Waals surface area contributed by atoms with Crippen LogP contribution in [0.15, 0.2) is 0 Å². The van der Waals surface area contributed by atoms with Gasteiger partial charge in [0.25, 0.3) is 0 Å². The van der Waals surface area contributed by atoms with E-state index in [0.29, 0.717) is 0 Å². The molecule has 9 heavy (non-hydrogen) atoms. The van der Waals surface area contributed by atoms with Crippen LogP contribution in [0.3, 0.4) is 0 Å². The van der Waals surface area contributed by atoms with Crippen LogP contribution in [0.1, 0.15) is 27.4 Å². The second kappa shape index (κ2) is 7.22. The van der Waals surface area contributed by atoms with Crippen molar-refractivity contribution in [2.45, 2.75) is 13.7 Å². The van der Waals surface area contributed by atoms with Gasteiger partial charge in [-0.1, -0.05) is 4.32 Å². The quantitative estimate of drug-likeness (QED) is 0.280.